The van der Waals surface area contributed by atoms with Crippen molar-refractivity contribution in [2.75, 3.05) is 0 Å². The van der Waals surface area contributed by atoms with Gasteiger partial charge in [-0.3, -0.25) is 0 Å². The lowest BCUT2D eigenvalue weighted by Gasteiger charge is -2.14. The van der Waals surface area contributed by atoms with Gasteiger partial charge in [-0.15, -0.1) is 0 Å². The van der Waals surface area contributed by atoms with Gasteiger partial charge in [0.15, 0.2) is 6.20 Å². The second-order valence-corrected chi connectivity index (χ2v) is 7.93. The Morgan fingerprint density at radius 2 is 1.35 bits per heavy atom. The first kappa shape index (κ1) is 18.4. The van der Waals surface area contributed by atoms with Crippen LogP contribution in [0.5, 0.6) is 0 Å². The van der Waals surface area contributed by atoms with Crippen LogP contribution < -0.4 is 4.57 Å². The molecule has 0 saturated carbocycles. The van der Waals surface area contributed by atoms with E-state index < -0.39 is 0 Å². The van der Waals surface area contributed by atoms with Gasteiger partial charge in [-0.1, -0.05) is 64.1 Å². The average Bonchev–Trinajstić information content (AvgIpc) is 2.62. The summed E-state index contributed by atoms with van der Waals surface area (Å²) in [4.78, 5) is 0. The molecule has 1 nitrogen and oxygen atoms in total. The molecule has 134 valence electrons. The van der Waals surface area contributed by atoms with Crippen molar-refractivity contribution in [1.29, 1.82) is 0 Å². The molecule has 0 aliphatic rings. The lowest BCUT2D eigenvalue weighted by atomic mass is 9.91. The van der Waals surface area contributed by atoms with Gasteiger partial charge in [0.2, 0.25) is 5.69 Å². The summed E-state index contributed by atoms with van der Waals surface area (Å²) in [5.74, 6) is 1.07. The fourth-order valence-corrected chi connectivity index (χ4v) is 3.43. The quantitative estimate of drug-likeness (QED) is 0.482. The summed E-state index contributed by atoms with van der Waals surface area (Å²) in [5, 5.41) is 0. The van der Waals surface area contributed by atoms with Gasteiger partial charge < -0.3 is 0 Å². The summed E-state index contributed by atoms with van der Waals surface area (Å²) in [7, 11) is 2.14. The summed E-state index contributed by atoms with van der Waals surface area (Å²) >= 11 is 0. The fourth-order valence-electron chi connectivity index (χ4n) is 3.43. The van der Waals surface area contributed by atoms with Crippen LogP contribution in [0.2, 0.25) is 0 Å². The normalized spacial score (nSPS) is 11.4. The largest absolute Gasteiger partial charge is 0.212 e. The van der Waals surface area contributed by atoms with E-state index in [0.29, 0.717) is 11.8 Å². The second-order valence-electron chi connectivity index (χ2n) is 7.93. The Hall–Kier alpha value is -2.41. The highest BCUT2D eigenvalue weighted by atomic mass is 14.9. The number of benzene rings is 2. The molecule has 2 aromatic carbocycles. The number of rotatable bonds is 4. The third-order valence-electron chi connectivity index (χ3n) is 5.20. The van der Waals surface area contributed by atoms with E-state index in [0.717, 1.165) is 0 Å². The van der Waals surface area contributed by atoms with Gasteiger partial charge in [0.1, 0.15) is 7.05 Å². The predicted molar refractivity (Wildman–Crippen MR) is 111 cm³/mol. The molecule has 0 spiro atoms. The zero-order valence-electron chi connectivity index (χ0n) is 16.9. The van der Waals surface area contributed by atoms with Gasteiger partial charge in [0.25, 0.3) is 0 Å². The van der Waals surface area contributed by atoms with Crippen LogP contribution >= 0.6 is 0 Å². The summed E-state index contributed by atoms with van der Waals surface area (Å²) < 4.78 is 2.24. The zero-order chi connectivity index (χ0) is 18.8. The Balaban J connectivity index is 2.08. The Labute approximate surface area is 158 Å². The van der Waals surface area contributed by atoms with Crippen LogP contribution in [0.25, 0.3) is 22.4 Å². The average molecular weight is 345 g/mol. The monoisotopic (exact) mass is 344 g/mol. The molecule has 0 aliphatic carbocycles. The molecule has 0 bridgehead atoms. The maximum absolute atomic E-state index is 2.36. The van der Waals surface area contributed by atoms with Crippen molar-refractivity contribution >= 4 is 0 Å². The van der Waals surface area contributed by atoms with Crippen LogP contribution in [-0.2, 0) is 7.05 Å². The molecule has 0 amide bonds. The van der Waals surface area contributed by atoms with E-state index in [1.165, 1.54) is 39.1 Å². The molecule has 0 aliphatic heterocycles. The zero-order valence-corrected chi connectivity index (χ0v) is 16.9. The van der Waals surface area contributed by atoms with Gasteiger partial charge in [-0.2, -0.15) is 0 Å². The molecular formula is C25H30N+. The summed E-state index contributed by atoms with van der Waals surface area (Å²) in [6, 6.07) is 20.1. The predicted octanol–water partition coefficient (Wildman–Crippen LogP) is 6.40. The van der Waals surface area contributed by atoms with E-state index in [1.54, 1.807) is 0 Å². The minimum absolute atomic E-state index is 0.535. The van der Waals surface area contributed by atoms with Gasteiger partial charge in [-0.05, 0) is 53.1 Å². The maximum atomic E-state index is 2.36. The third-order valence-corrected chi connectivity index (χ3v) is 5.20. The first-order valence-electron chi connectivity index (χ1n) is 9.57. The van der Waals surface area contributed by atoms with Gasteiger partial charge in [0, 0.05) is 17.2 Å². The molecular weight excluding hydrogens is 314 g/mol. The molecule has 1 aromatic heterocycles. The van der Waals surface area contributed by atoms with E-state index in [9.17, 15) is 0 Å². The van der Waals surface area contributed by atoms with Crippen LogP contribution in [0, 0.1) is 6.92 Å². The molecule has 0 N–H and O–H groups in total. The number of hydrogen-bond acceptors (Lipinski definition) is 0. The van der Waals surface area contributed by atoms with Crippen LogP contribution in [0.3, 0.4) is 0 Å². The molecule has 1 heterocycles. The van der Waals surface area contributed by atoms with E-state index in [1.807, 2.05) is 0 Å². The van der Waals surface area contributed by atoms with Crippen molar-refractivity contribution in [3.8, 4) is 22.4 Å². The Morgan fingerprint density at radius 3 is 1.88 bits per heavy atom. The Morgan fingerprint density at radius 1 is 0.731 bits per heavy atom. The van der Waals surface area contributed by atoms with Crippen molar-refractivity contribution in [2.24, 2.45) is 7.05 Å². The summed E-state index contributed by atoms with van der Waals surface area (Å²) in [6.45, 7) is 11.2. The molecule has 0 atom stereocenters. The molecule has 26 heavy (non-hydrogen) atoms. The number of nitrogens with zero attached hydrogens (tertiary/aromatic N) is 1. The van der Waals surface area contributed by atoms with E-state index in [4.69, 9.17) is 0 Å². The van der Waals surface area contributed by atoms with Gasteiger partial charge in [-0.25, -0.2) is 4.57 Å². The molecule has 0 fully saturated rings. The Kier molecular flexibility index (Phi) is 5.27. The first-order valence-corrected chi connectivity index (χ1v) is 9.57. The van der Waals surface area contributed by atoms with Crippen LogP contribution in [-0.4, -0.2) is 0 Å². The minimum Gasteiger partial charge on any atom is -0.200 e. The smallest absolute Gasteiger partial charge is 0.200 e. The highest BCUT2D eigenvalue weighted by Crippen LogP contribution is 2.29. The number of aromatic nitrogens is 1. The van der Waals surface area contributed by atoms with E-state index in [2.05, 4.69) is 107 Å². The fraction of sp³-hybridized carbons (Fsp3) is 0.320. The van der Waals surface area contributed by atoms with Crippen LogP contribution in [0.4, 0.5) is 0 Å². The highest BCUT2D eigenvalue weighted by Gasteiger charge is 2.15. The summed E-state index contributed by atoms with van der Waals surface area (Å²) in [6.07, 6.45) is 2.26. The van der Waals surface area contributed by atoms with Gasteiger partial charge in [0.05, 0.1) is 0 Å². The lowest BCUT2D eigenvalue weighted by Crippen LogP contribution is -2.30. The van der Waals surface area contributed by atoms with Crippen molar-refractivity contribution < 1.29 is 4.57 Å². The Bertz CT molecular complexity index is 893. The molecule has 1 heteroatoms. The third kappa shape index (κ3) is 3.72. The first-order chi connectivity index (χ1) is 12.4. The van der Waals surface area contributed by atoms with Gasteiger partial charge >= 0.3 is 0 Å². The molecule has 3 rings (SSSR count). The molecule has 0 unspecified atom stereocenters. The number of pyridine rings is 1. The second kappa shape index (κ2) is 7.45. The standard InChI is InChI=1S/C25H30N/c1-17(2)21-13-22(18(3)4)15-23(14-21)20-11-12-25(26(6)16-20)24-10-8-7-9-19(24)5/h7-18H,1-6H3/q+1. The topological polar surface area (TPSA) is 3.88 Å². The van der Waals surface area contributed by atoms with Crippen LogP contribution in [0.15, 0.2) is 60.8 Å². The highest BCUT2D eigenvalue weighted by molar-refractivity contribution is 5.67. The molecule has 0 radical (unpaired) electrons. The van der Waals surface area contributed by atoms with Crippen LogP contribution in [0.1, 0.15) is 56.2 Å². The number of aryl methyl sites for hydroxylation is 2. The maximum Gasteiger partial charge on any atom is 0.212 e. The van der Waals surface area contributed by atoms with E-state index >= 15 is 0 Å². The number of hydrogen-bond donors (Lipinski definition) is 0. The van der Waals surface area contributed by atoms with Crippen molar-refractivity contribution in [2.45, 2.75) is 46.5 Å². The minimum atomic E-state index is 0.535. The SMILES string of the molecule is Cc1ccccc1-c1ccc(-c2cc(C(C)C)cc(C(C)C)c2)c[n+]1C. The van der Waals surface area contributed by atoms with Crippen molar-refractivity contribution in [1.82, 2.24) is 0 Å². The van der Waals surface area contributed by atoms with E-state index in [-0.39, 0.29) is 0 Å². The molecule has 3 aromatic rings. The van der Waals surface area contributed by atoms with Crippen molar-refractivity contribution in [3.63, 3.8) is 0 Å². The summed E-state index contributed by atoms with van der Waals surface area (Å²) in [5.41, 5.74) is 9.26. The van der Waals surface area contributed by atoms with Crippen molar-refractivity contribution in [3.05, 3.63) is 77.5 Å². The molecule has 0 saturated heterocycles. The lowest BCUT2D eigenvalue weighted by molar-refractivity contribution is -0.659.